The molecule has 7 nitrogen and oxygen atoms in total. The minimum absolute atomic E-state index is 0.101. The predicted octanol–water partition coefficient (Wildman–Crippen LogP) is 2.43. The Kier molecular flexibility index (Phi) is 4.55. The van der Waals surface area contributed by atoms with E-state index in [4.69, 9.17) is 4.52 Å². The third kappa shape index (κ3) is 3.65. The van der Waals surface area contributed by atoms with Gasteiger partial charge in [-0.05, 0) is 31.4 Å². The lowest BCUT2D eigenvalue weighted by molar-refractivity contribution is -0.120. The second kappa shape index (κ2) is 7.02. The molecule has 27 heavy (non-hydrogen) atoms. The van der Waals surface area contributed by atoms with E-state index in [0.717, 1.165) is 19.3 Å². The maximum atomic E-state index is 13.8. The van der Waals surface area contributed by atoms with Crippen LogP contribution in [-0.4, -0.2) is 40.6 Å². The molecule has 2 N–H and O–H groups in total. The average Bonchev–Trinajstić information content (AvgIpc) is 3.28. The second-order valence-corrected chi connectivity index (χ2v) is 7.13. The average molecular weight is 372 g/mol. The lowest BCUT2D eigenvalue weighted by atomic mass is 9.86. The zero-order chi connectivity index (χ0) is 18.9. The van der Waals surface area contributed by atoms with Crippen LogP contribution in [-0.2, 0) is 11.3 Å². The fraction of sp³-hybridized carbons (Fsp3) is 0.421. The van der Waals surface area contributed by atoms with E-state index in [1.807, 2.05) is 0 Å². The Labute approximate surface area is 155 Å². The maximum absolute atomic E-state index is 13.8. The Bertz CT molecular complexity index is 858. The van der Waals surface area contributed by atoms with Crippen molar-refractivity contribution in [2.45, 2.75) is 37.8 Å². The van der Waals surface area contributed by atoms with Crippen LogP contribution in [0.5, 0.6) is 0 Å². The fourth-order valence-corrected chi connectivity index (χ4v) is 3.75. The van der Waals surface area contributed by atoms with Gasteiger partial charge in [0.2, 0.25) is 5.91 Å². The molecule has 1 aromatic heterocycles. The van der Waals surface area contributed by atoms with Gasteiger partial charge in [-0.2, -0.15) is 0 Å². The van der Waals surface area contributed by atoms with Crippen LogP contribution in [0.4, 0.5) is 9.18 Å². The first-order valence-corrected chi connectivity index (χ1v) is 9.09. The molecule has 8 heteroatoms. The van der Waals surface area contributed by atoms with Gasteiger partial charge in [-0.1, -0.05) is 17.3 Å². The number of nitrogens with zero attached hydrogens (tertiary/aromatic N) is 2. The molecule has 0 saturated carbocycles. The summed E-state index contributed by atoms with van der Waals surface area (Å²) in [4.78, 5) is 25.6. The minimum atomic E-state index is -0.373. The summed E-state index contributed by atoms with van der Waals surface area (Å²) in [5.74, 6) is 0.185. The molecule has 0 atom stereocenters. The highest BCUT2D eigenvalue weighted by molar-refractivity contribution is 5.79. The van der Waals surface area contributed by atoms with Crippen molar-refractivity contribution in [2.24, 2.45) is 0 Å². The molecule has 3 amide bonds. The summed E-state index contributed by atoms with van der Waals surface area (Å²) in [5, 5.41) is 9.74. The molecule has 0 aliphatic carbocycles. The van der Waals surface area contributed by atoms with Gasteiger partial charge in [0.1, 0.15) is 11.5 Å². The molecule has 0 bridgehead atoms. The van der Waals surface area contributed by atoms with Gasteiger partial charge >= 0.3 is 6.03 Å². The van der Waals surface area contributed by atoms with E-state index in [9.17, 15) is 14.0 Å². The van der Waals surface area contributed by atoms with Gasteiger partial charge in [-0.15, -0.1) is 0 Å². The molecule has 2 aliphatic rings. The molecule has 3 heterocycles. The number of urea groups is 1. The number of halogens is 1. The highest BCUT2D eigenvalue weighted by atomic mass is 19.1. The Morgan fingerprint density at radius 1 is 1.30 bits per heavy atom. The summed E-state index contributed by atoms with van der Waals surface area (Å²) >= 11 is 0. The first-order chi connectivity index (χ1) is 13.0. The Balaban J connectivity index is 1.30. The molecule has 2 aromatic rings. The zero-order valence-corrected chi connectivity index (χ0v) is 14.8. The number of rotatable bonds is 3. The molecular formula is C19H21FN4O3. The third-order valence-electron chi connectivity index (χ3n) is 5.37. The quantitative estimate of drug-likeness (QED) is 0.866. The van der Waals surface area contributed by atoms with Gasteiger partial charge in [-0.3, -0.25) is 4.79 Å². The lowest BCUT2D eigenvalue weighted by Gasteiger charge is -2.39. The van der Waals surface area contributed by atoms with Gasteiger partial charge in [0, 0.05) is 36.7 Å². The normalized spacial score (nSPS) is 18.6. The van der Waals surface area contributed by atoms with Crippen molar-refractivity contribution in [3.63, 3.8) is 0 Å². The van der Waals surface area contributed by atoms with Crippen LogP contribution in [0.1, 0.15) is 31.4 Å². The molecule has 1 spiro atoms. The van der Waals surface area contributed by atoms with Crippen LogP contribution in [0, 0.1) is 5.82 Å². The number of benzene rings is 1. The SMILES string of the molecule is O=C1CCC2(CCN(C(=O)NCc3cc(-c4ccccc4F)no3)CC2)N1. The number of likely N-dealkylation sites (tertiary alicyclic amines) is 1. The first kappa shape index (κ1) is 17.5. The van der Waals surface area contributed by atoms with Crippen molar-refractivity contribution in [3.05, 3.63) is 41.9 Å². The lowest BCUT2D eigenvalue weighted by Crippen LogP contribution is -2.53. The van der Waals surface area contributed by atoms with Crippen LogP contribution in [0.3, 0.4) is 0 Å². The number of hydrogen-bond acceptors (Lipinski definition) is 4. The summed E-state index contributed by atoms with van der Waals surface area (Å²) in [6, 6.07) is 7.77. The largest absolute Gasteiger partial charge is 0.359 e. The summed E-state index contributed by atoms with van der Waals surface area (Å²) in [6.07, 6.45) is 2.96. The van der Waals surface area contributed by atoms with Crippen molar-refractivity contribution in [2.75, 3.05) is 13.1 Å². The number of carbonyl (C=O) groups excluding carboxylic acids is 2. The summed E-state index contributed by atoms with van der Waals surface area (Å²) < 4.78 is 19.0. The molecule has 142 valence electrons. The van der Waals surface area contributed by atoms with Crippen molar-refractivity contribution in [1.82, 2.24) is 20.7 Å². The zero-order valence-electron chi connectivity index (χ0n) is 14.8. The van der Waals surface area contributed by atoms with Crippen LogP contribution < -0.4 is 10.6 Å². The molecule has 2 aliphatic heterocycles. The highest BCUT2D eigenvalue weighted by Gasteiger charge is 2.40. The summed E-state index contributed by atoms with van der Waals surface area (Å²) in [5.41, 5.74) is 0.626. The first-order valence-electron chi connectivity index (χ1n) is 9.09. The van der Waals surface area contributed by atoms with E-state index in [2.05, 4.69) is 15.8 Å². The monoisotopic (exact) mass is 372 g/mol. The standard InChI is InChI=1S/C19H21FN4O3/c20-15-4-2-1-3-14(15)16-11-13(27-23-16)12-21-18(26)24-9-7-19(8-10-24)6-5-17(25)22-19/h1-4,11H,5-10,12H2,(H,21,26)(H,22,25). The Morgan fingerprint density at radius 3 is 2.78 bits per heavy atom. The van der Waals surface area contributed by atoms with E-state index in [1.54, 1.807) is 29.2 Å². The number of carbonyl (C=O) groups is 2. The van der Waals surface area contributed by atoms with Crippen molar-refractivity contribution < 1.29 is 18.5 Å². The van der Waals surface area contributed by atoms with E-state index in [1.165, 1.54) is 6.07 Å². The number of amides is 3. The van der Waals surface area contributed by atoms with E-state index in [-0.39, 0.29) is 29.8 Å². The van der Waals surface area contributed by atoms with Crippen molar-refractivity contribution in [1.29, 1.82) is 0 Å². The number of hydrogen-bond donors (Lipinski definition) is 2. The van der Waals surface area contributed by atoms with Crippen molar-refractivity contribution >= 4 is 11.9 Å². The second-order valence-electron chi connectivity index (χ2n) is 7.13. The Hall–Kier alpha value is -2.90. The highest BCUT2D eigenvalue weighted by Crippen LogP contribution is 2.31. The van der Waals surface area contributed by atoms with E-state index in [0.29, 0.717) is 36.5 Å². The van der Waals surface area contributed by atoms with Gasteiger partial charge < -0.3 is 20.1 Å². The van der Waals surface area contributed by atoms with Crippen LogP contribution >= 0.6 is 0 Å². The van der Waals surface area contributed by atoms with Gasteiger partial charge in [0.25, 0.3) is 0 Å². The molecular weight excluding hydrogens is 351 g/mol. The smallest absolute Gasteiger partial charge is 0.317 e. The molecule has 0 radical (unpaired) electrons. The summed E-state index contributed by atoms with van der Waals surface area (Å²) in [7, 11) is 0. The van der Waals surface area contributed by atoms with Gasteiger partial charge in [-0.25, -0.2) is 9.18 Å². The molecule has 2 fully saturated rings. The maximum Gasteiger partial charge on any atom is 0.317 e. The molecule has 4 rings (SSSR count). The van der Waals surface area contributed by atoms with Crippen molar-refractivity contribution in [3.8, 4) is 11.3 Å². The topological polar surface area (TPSA) is 87.5 Å². The van der Waals surface area contributed by atoms with Crippen LogP contribution in [0.15, 0.2) is 34.9 Å². The molecule has 0 unspecified atom stereocenters. The fourth-order valence-electron chi connectivity index (χ4n) is 3.75. The Morgan fingerprint density at radius 2 is 2.07 bits per heavy atom. The van der Waals surface area contributed by atoms with Crippen LogP contribution in [0.25, 0.3) is 11.3 Å². The minimum Gasteiger partial charge on any atom is -0.359 e. The molecule has 1 aromatic carbocycles. The number of piperidine rings is 1. The van der Waals surface area contributed by atoms with Crippen LogP contribution in [0.2, 0.25) is 0 Å². The predicted molar refractivity (Wildman–Crippen MR) is 95.0 cm³/mol. The van der Waals surface area contributed by atoms with E-state index >= 15 is 0 Å². The van der Waals surface area contributed by atoms with Gasteiger partial charge in [0.05, 0.1) is 6.54 Å². The number of aromatic nitrogens is 1. The number of nitrogens with one attached hydrogen (secondary N) is 2. The molecule has 2 saturated heterocycles. The third-order valence-corrected chi connectivity index (χ3v) is 5.37. The summed E-state index contributed by atoms with van der Waals surface area (Å²) in [6.45, 7) is 1.38. The van der Waals surface area contributed by atoms with E-state index < -0.39 is 0 Å². The van der Waals surface area contributed by atoms with Gasteiger partial charge in [0.15, 0.2) is 5.76 Å².